The highest BCUT2D eigenvalue weighted by Gasteiger charge is 2.04. The summed E-state index contributed by atoms with van der Waals surface area (Å²) in [6.45, 7) is 7.38. The third-order valence-corrected chi connectivity index (χ3v) is 1.85. The van der Waals surface area contributed by atoms with Gasteiger partial charge in [-0.25, -0.2) is 0 Å². The zero-order valence-corrected chi connectivity index (χ0v) is 8.54. The number of hydrogen-bond acceptors (Lipinski definition) is 2. The van der Waals surface area contributed by atoms with E-state index in [0.717, 1.165) is 6.42 Å². The standard InChI is InChI=1S/C12H14O2/c1-4-6-7-12-10(5-2)11(13)8-9(3)14-12/h5-8H,2,4H2,1,3H3/b7-6-. The van der Waals surface area contributed by atoms with Gasteiger partial charge in [0.05, 0.1) is 5.56 Å². The number of hydrogen-bond donors (Lipinski definition) is 0. The normalized spacial score (nSPS) is 10.7. The van der Waals surface area contributed by atoms with Gasteiger partial charge in [-0.3, -0.25) is 4.79 Å². The fraction of sp³-hybridized carbons (Fsp3) is 0.250. The summed E-state index contributed by atoms with van der Waals surface area (Å²) < 4.78 is 5.42. The highest BCUT2D eigenvalue weighted by molar-refractivity contribution is 5.59. The Morgan fingerprint density at radius 1 is 1.57 bits per heavy atom. The van der Waals surface area contributed by atoms with Crippen molar-refractivity contribution in [3.63, 3.8) is 0 Å². The van der Waals surface area contributed by atoms with Crippen molar-refractivity contribution < 1.29 is 4.42 Å². The van der Waals surface area contributed by atoms with Crippen LogP contribution in [0.2, 0.25) is 0 Å². The molecule has 1 aromatic rings. The second-order valence-corrected chi connectivity index (χ2v) is 3.01. The maximum Gasteiger partial charge on any atom is 0.192 e. The molecular formula is C12H14O2. The van der Waals surface area contributed by atoms with Crippen molar-refractivity contribution in [3.8, 4) is 0 Å². The molecule has 1 aromatic heterocycles. The summed E-state index contributed by atoms with van der Waals surface area (Å²) in [5.74, 6) is 1.21. The summed E-state index contributed by atoms with van der Waals surface area (Å²) in [5.41, 5.74) is 0.486. The molecule has 1 heterocycles. The van der Waals surface area contributed by atoms with Gasteiger partial charge in [-0.15, -0.1) is 0 Å². The lowest BCUT2D eigenvalue weighted by Crippen LogP contribution is -2.05. The minimum atomic E-state index is -0.0421. The van der Waals surface area contributed by atoms with Crippen LogP contribution < -0.4 is 5.43 Å². The molecule has 0 radical (unpaired) electrons. The van der Waals surface area contributed by atoms with E-state index in [4.69, 9.17) is 4.42 Å². The number of aryl methyl sites for hydroxylation is 1. The molecule has 74 valence electrons. The average molecular weight is 190 g/mol. The smallest absolute Gasteiger partial charge is 0.192 e. The molecule has 0 fully saturated rings. The molecule has 0 saturated heterocycles. The van der Waals surface area contributed by atoms with Crippen LogP contribution in [0.15, 0.2) is 27.9 Å². The van der Waals surface area contributed by atoms with Gasteiger partial charge >= 0.3 is 0 Å². The zero-order chi connectivity index (χ0) is 10.6. The predicted octanol–water partition coefficient (Wildman–Crippen LogP) is 3.01. The minimum Gasteiger partial charge on any atom is -0.461 e. The van der Waals surface area contributed by atoms with Gasteiger partial charge in [-0.1, -0.05) is 25.7 Å². The van der Waals surface area contributed by atoms with Crippen LogP contribution in [0.1, 0.15) is 30.4 Å². The lowest BCUT2D eigenvalue weighted by molar-refractivity contribution is 0.503. The molecule has 14 heavy (non-hydrogen) atoms. The summed E-state index contributed by atoms with van der Waals surface area (Å²) in [7, 11) is 0. The van der Waals surface area contributed by atoms with Crippen LogP contribution in [0.3, 0.4) is 0 Å². The summed E-state index contributed by atoms with van der Waals surface area (Å²) in [6.07, 6.45) is 6.20. The quantitative estimate of drug-likeness (QED) is 0.733. The first-order valence-electron chi connectivity index (χ1n) is 4.62. The molecule has 2 nitrogen and oxygen atoms in total. The first-order valence-corrected chi connectivity index (χ1v) is 4.62. The maximum absolute atomic E-state index is 11.5. The highest BCUT2D eigenvalue weighted by Crippen LogP contribution is 2.10. The Morgan fingerprint density at radius 2 is 2.29 bits per heavy atom. The first-order chi connectivity index (χ1) is 6.69. The van der Waals surface area contributed by atoms with Crippen molar-refractivity contribution in [3.05, 3.63) is 46.0 Å². The van der Waals surface area contributed by atoms with Gasteiger partial charge in [0.25, 0.3) is 0 Å². The highest BCUT2D eigenvalue weighted by atomic mass is 16.3. The largest absolute Gasteiger partial charge is 0.461 e. The number of rotatable bonds is 3. The van der Waals surface area contributed by atoms with Crippen LogP contribution in [0.4, 0.5) is 0 Å². The third kappa shape index (κ3) is 2.22. The SMILES string of the molecule is C=Cc1c(/C=C\CC)oc(C)cc1=O. The van der Waals surface area contributed by atoms with Crippen molar-refractivity contribution in [1.29, 1.82) is 0 Å². The molecule has 0 atom stereocenters. The van der Waals surface area contributed by atoms with Crippen molar-refractivity contribution in [1.82, 2.24) is 0 Å². The molecule has 0 amide bonds. The topological polar surface area (TPSA) is 30.2 Å². The van der Waals surface area contributed by atoms with E-state index in [1.807, 2.05) is 19.1 Å². The first kappa shape index (κ1) is 10.5. The van der Waals surface area contributed by atoms with Gasteiger partial charge in [0.15, 0.2) is 5.43 Å². The van der Waals surface area contributed by atoms with Crippen molar-refractivity contribution >= 4 is 12.2 Å². The molecule has 0 N–H and O–H groups in total. The van der Waals surface area contributed by atoms with Crippen LogP contribution >= 0.6 is 0 Å². The van der Waals surface area contributed by atoms with Crippen LogP contribution in [-0.2, 0) is 0 Å². The number of allylic oxidation sites excluding steroid dienone is 1. The monoisotopic (exact) mass is 190 g/mol. The third-order valence-electron chi connectivity index (χ3n) is 1.85. The zero-order valence-electron chi connectivity index (χ0n) is 8.54. The van der Waals surface area contributed by atoms with Crippen molar-refractivity contribution in [2.75, 3.05) is 0 Å². The van der Waals surface area contributed by atoms with Crippen LogP contribution in [0, 0.1) is 6.92 Å². The van der Waals surface area contributed by atoms with Crippen molar-refractivity contribution in [2.24, 2.45) is 0 Å². The molecule has 0 unspecified atom stereocenters. The van der Waals surface area contributed by atoms with Gasteiger partial charge in [0, 0.05) is 6.07 Å². The van der Waals surface area contributed by atoms with E-state index in [0.29, 0.717) is 17.1 Å². The Kier molecular flexibility index (Phi) is 3.46. The molecule has 0 saturated carbocycles. The van der Waals surface area contributed by atoms with Gasteiger partial charge in [0.2, 0.25) is 0 Å². The second kappa shape index (κ2) is 4.61. The maximum atomic E-state index is 11.5. The van der Waals surface area contributed by atoms with E-state index >= 15 is 0 Å². The van der Waals surface area contributed by atoms with Crippen LogP contribution in [0.25, 0.3) is 12.2 Å². The predicted molar refractivity (Wildman–Crippen MR) is 59.1 cm³/mol. The molecule has 0 spiro atoms. The molecule has 2 heteroatoms. The average Bonchev–Trinajstić information content (AvgIpc) is 2.14. The molecule has 0 aliphatic heterocycles. The minimum absolute atomic E-state index is 0.0421. The Morgan fingerprint density at radius 3 is 2.86 bits per heavy atom. The summed E-state index contributed by atoms with van der Waals surface area (Å²) in [4.78, 5) is 11.5. The fourth-order valence-corrected chi connectivity index (χ4v) is 1.19. The Balaban J connectivity index is 3.32. The molecule has 0 aliphatic carbocycles. The van der Waals surface area contributed by atoms with E-state index in [-0.39, 0.29) is 5.43 Å². The van der Waals surface area contributed by atoms with Crippen LogP contribution in [-0.4, -0.2) is 0 Å². The van der Waals surface area contributed by atoms with Crippen LogP contribution in [0.5, 0.6) is 0 Å². The van der Waals surface area contributed by atoms with Gasteiger partial charge < -0.3 is 4.42 Å². The molecule has 0 aromatic carbocycles. The molecular weight excluding hydrogens is 176 g/mol. The van der Waals surface area contributed by atoms with Gasteiger partial charge in [0.1, 0.15) is 11.5 Å². The van der Waals surface area contributed by atoms with E-state index in [2.05, 4.69) is 6.58 Å². The summed E-state index contributed by atoms with van der Waals surface area (Å²) >= 11 is 0. The lowest BCUT2D eigenvalue weighted by Gasteiger charge is -2.00. The van der Waals surface area contributed by atoms with E-state index in [1.165, 1.54) is 12.1 Å². The second-order valence-electron chi connectivity index (χ2n) is 3.01. The van der Waals surface area contributed by atoms with E-state index < -0.39 is 0 Å². The Bertz CT molecular complexity index is 411. The van der Waals surface area contributed by atoms with E-state index in [1.54, 1.807) is 6.92 Å². The summed E-state index contributed by atoms with van der Waals surface area (Å²) in [5, 5.41) is 0. The Hall–Kier alpha value is -1.57. The Labute approximate surface area is 83.6 Å². The van der Waals surface area contributed by atoms with E-state index in [9.17, 15) is 4.79 Å². The lowest BCUT2D eigenvalue weighted by atomic mass is 10.2. The molecule has 0 aliphatic rings. The summed E-state index contributed by atoms with van der Waals surface area (Å²) in [6, 6.07) is 1.47. The fourth-order valence-electron chi connectivity index (χ4n) is 1.19. The van der Waals surface area contributed by atoms with Crippen molar-refractivity contribution in [2.45, 2.75) is 20.3 Å². The van der Waals surface area contributed by atoms with Gasteiger partial charge in [-0.2, -0.15) is 0 Å². The molecule has 1 rings (SSSR count). The molecule has 0 bridgehead atoms. The van der Waals surface area contributed by atoms with Gasteiger partial charge in [-0.05, 0) is 19.4 Å².